The number of nitrogens with zero attached hydrogens (tertiary/aromatic N) is 1. The molecule has 2 aliphatic carbocycles. The molecule has 2 aromatic rings. The van der Waals surface area contributed by atoms with Crippen molar-refractivity contribution < 1.29 is 73.4 Å². The van der Waals surface area contributed by atoms with Crippen LogP contribution in [0.2, 0.25) is 0 Å². The van der Waals surface area contributed by atoms with E-state index in [1.807, 2.05) is 19.0 Å². The molecule has 5 aliphatic rings. The fourth-order valence-electron chi connectivity index (χ4n) is 8.70. The number of fused-ring (bicyclic) bond motifs is 3. The second kappa shape index (κ2) is 15.3. The molecule has 3 aliphatic heterocycles. The molecule has 2 saturated heterocycles. The van der Waals surface area contributed by atoms with Gasteiger partial charge < -0.3 is 69.7 Å². The van der Waals surface area contributed by atoms with Crippen LogP contribution in [-0.4, -0.2) is 134 Å². The van der Waals surface area contributed by atoms with E-state index in [0.717, 1.165) is 0 Å². The van der Waals surface area contributed by atoms with Gasteiger partial charge >= 0.3 is 0 Å². The lowest BCUT2D eigenvalue weighted by Crippen LogP contribution is -2.58. The largest absolute Gasteiger partial charge is 0.507 e. The fourth-order valence-corrected chi connectivity index (χ4v) is 8.70. The number of likely N-dealkylation sites (N-methyl/N-ethyl adjacent to an activating group) is 1. The number of carbonyl (C=O) groups excluding carboxylic acids is 3. The third-order valence-electron chi connectivity index (χ3n) is 11.9. The Labute approximate surface area is 328 Å². The molecule has 2 aromatic carbocycles. The molecule has 17 heteroatoms. The zero-order valence-electron chi connectivity index (χ0n) is 32.4. The summed E-state index contributed by atoms with van der Waals surface area (Å²) in [6.07, 6.45) is -9.45. The van der Waals surface area contributed by atoms with Crippen LogP contribution in [0.4, 0.5) is 0 Å². The third-order valence-corrected chi connectivity index (χ3v) is 11.9. The van der Waals surface area contributed by atoms with Crippen molar-refractivity contribution in [3.63, 3.8) is 0 Å². The molecule has 310 valence electrons. The van der Waals surface area contributed by atoms with Crippen molar-refractivity contribution in [1.29, 1.82) is 0 Å². The first-order chi connectivity index (χ1) is 26.9. The van der Waals surface area contributed by atoms with Gasteiger partial charge in [-0.25, -0.2) is 0 Å². The van der Waals surface area contributed by atoms with E-state index in [0.29, 0.717) is 0 Å². The molecule has 0 amide bonds. The van der Waals surface area contributed by atoms with E-state index in [-0.39, 0.29) is 65.5 Å². The Morgan fingerprint density at radius 1 is 0.842 bits per heavy atom. The van der Waals surface area contributed by atoms with E-state index in [1.54, 1.807) is 27.7 Å². The van der Waals surface area contributed by atoms with Gasteiger partial charge in [0, 0.05) is 48.1 Å². The molecule has 0 saturated carbocycles. The molecule has 8 N–H and O–H groups in total. The summed E-state index contributed by atoms with van der Waals surface area (Å²) in [5.41, 5.74) is 1.98. The van der Waals surface area contributed by atoms with Crippen molar-refractivity contribution in [2.75, 3.05) is 14.1 Å². The van der Waals surface area contributed by atoms with E-state index in [9.17, 15) is 45.0 Å². The van der Waals surface area contributed by atoms with E-state index >= 15 is 0 Å². The molecule has 57 heavy (non-hydrogen) atoms. The highest BCUT2D eigenvalue weighted by molar-refractivity contribution is 6.31. The number of hydrogen-bond donors (Lipinski definition) is 7. The van der Waals surface area contributed by atoms with E-state index in [2.05, 4.69) is 0 Å². The lowest BCUT2D eigenvalue weighted by atomic mass is 9.70. The van der Waals surface area contributed by atoms with Gasteiger partial charge in [0.1, 0.15) is 41.7 Å². The number of nitrogens with two attached hydrogens (primary N) is 1. The highest BCUT2D eigenvalue weighted by atomic mass is 16.7. The molecule has 3 heterocycles. The van der Waals surface area contributed by atoms with Gasteiger partial charge in [-0.3, -0.25) is 14.4 Å². The Morgan fingerprint density at radius 2 is 1.47 bits per heavy atom. The summed E-state index contributed by atoms with van der Waals surface area (Å²) in [5.74, 6) is -4.07. The van der Waals surface area contributed by atoms with Crippen molar-refractivity contribution in [3.8, 4) is 17.2 Å². The lowest BCUT2D eigenvalue weighted by Gasteiger charge is -2.48. The number of ether oxygens (including phenoxy) is 6. The maximum atomic E-state index is 13.8. The van der Waals surface area contributed by atoms with Crippen LogP contribution >= 0.6 is 0 Å². The summed E-state index contributed by atoms with van der Waals surface area (Å²) < 4.78 is 37.0. The van der Waals surface area contributed by atoms with Crippen molar-refractivity contribution in [2.24, 2.45) is 5.73 Å². The second-order valence-corrected chi connectivity index (χ2v) is 15.8. The van der Waals surface area contributed by atoms with Crippen molar-refractivity contribution in [2.45, 2.75) is 133 Å². The molecule has 0 bridgehead atoms. The van der Waals surface area contributed by atoms with Crippen LogP contribution in [0.15, 0.2) is 30.0 Å². The maximum absolute atomic E-state index is 13.8. The Balaban J connectivity index is 1.12. The fraction of sp³-hybridized carbons (Fsp3) is 0.575. The molecular formula is C40H50N2O15. The van der Waals surface area contributed by atoms with Crippen LogP contribution in [0.25, 0.3) is 0 Å². The van der Waals surface area contributed by atoms with Gasteiger partial charge in [-0.1, -0.05) is 19.1 Å². The van der Waals surface area contributed by atoms with Gasteiger partial charge in [-0.2, -0.15) is 0 Å². The third kappa shape index (κ3) is 7.03. The Kier molecular flexibility index (Phi) is 11.0. The van der Waals surface area contributed by atoms with Crippen LogP contribution in [-0.2, 0) is 33.2 Å². The topological polar surface area (TPSA) is 257 Å². The summed E-state index contributed by atoms with van der Waals surface area (Å²) in [5, 5.41) is 68.3. The summed E-state index contributed by atoms with van der Waals surface area (Å²) >= 11 is 0. The quantitative estimate of drug-likeness (QED) is 0.160. The number of aromatic hydroxyl groups is 3. The van der Waals surface area contributed by atoms with Gasteiger partial charge in [-0.15, -0.1) is 0 Å². The number of phenolic OH excluding ortho intramolecular Hbond substituents is 3. The minimum absolute atomic E-state index is 0.0133. The highest BCUT2D eigenvalue weighted by Crippen LogP contribution is 2.56. The number of benzene rings is 2. The molecule has 2 fully saturated rings. The standard InChI is InChI=1S/C40H50N2O15/c1-7-40(51)14-24(28-31(38(40)50)35(49)29-30(34(28)48)33(47)27-18(32(29)46)9-8-10-21(27)43)55-25-12-20(42(5)6)36(16(3)52-25)56-26-13-23(45)37(17(4)53-26)57-39-19(41)11-22(44)15(2)54-39/h8-11,15-17,20,23-26,36-39,43,45,48-51H,7,12-14,41H2,1-6H3. The molecule has 17 nitrogen and oxygen atoms in total. The first kappa shape index (κ1) is 41.2. The molecule has 0 spiro atoms. The first-order valence-corrected chi connectivity index (χ1v) is 19.1. The predicted octanol–water partition coefficient (Wildman–Crippen LogP) is 1.70. The molecule has 7 rings (SSSR count). The molecule has 13 atom stereocenters. The SMILES string of the molecule is CCC1(O)CC(OC2CC(N(C)C)C(OC3CC(O)C(OC4OC(C)C(=O)C=C4N)C(C)O3)C(C)O2)c2c(O)c3c(c(O)c2C1O)C(=O)c1cccc(O)c1C3=O. The van der Waals surface area contributed by atoms with Gasteiger partial charge in [0.15, 0.2) is 30.4 Å². The van der Waals surface area contributed by atoms with Crippen LogP contribution in [0, 0.1) is 0 Å². The van der Waals surface area contributed by atoms with Gasteiger partial charge in [0.2, 0.25) is 5.78 Å². The zero-order chi connectivity index (χ0) is 41.4. The summed E-state index contributed by atoms with van der Waals surface area (Å²) in [6.45, 7) is 6.67. The van der Waals surface area contributed by atoms with Gasteiger partial charge in [0.05, 0.1) is 52.4 Å². The first-order valence-electron chi connectivity index (χ1n) is 19.1. The van der Waals surface area contributed by atoms with E-state index < -0.39 is 113 Å². The lowest BCUT2D eigenvalue weighted by molar-refractivity contribution is -0.321. The summed E-state index contributed by atoms with van der Waals surface area (Å²) in [6, 6.07) is 3.51. The van der Waals surface area contributed by atoms with Crippen molar-refractivity contribution in [3.05, 3.63) is 63.4 Å². The smallest absolute Gasteiger partial charge is 0.202 e. The van der Waals surface area contributed by atoms with Gasteiger partial charge in [0.25, 0.3) is 0 Å². The minimum Gasteiger partial charge on any atom is -0.507 e. The molecule has 0 aromatic heterocycles. The minimum atomic E-state index is -1.89. The monoisotopic (exact) mass is 798 g/mol. The Bertz CT molecular complexity index is 1970. The second-order valence-electron chi connectivity index (χ2n) is 15.8. The highest BCUT2D eigenvalue weighted by Gasteiger charge is 2.52. The van der Waals surface area contributed by atoms with Gasteiger partial charge in [-0.05, 0) is 47.4 Å². The van der Waals surface area contributed by atoms with E-state index in [4.69, 9.17) is 34.2 Å². The normalized spacial score (nSPS) is 36.7. The van der Waals surface area contributed by atoms with E-state index in [1.165, 1.54) is 24.3 Å². The number of carbonyl (C=O) groups is 3. The van der Waals surface area contributed by atoms with Crippen LogP contribution in [0.1, 0.15) is 109 Å². The number of hydrogen-bond acceptors (Lipinski definition) is 17. The summed E-state index contributed by atoms with van der Waals surface area (Å²) in [7, 11) is 3.67. The van der Waals surface area contributed by atoms with Crippen LogP contribution < -0.4 is 5.73 Å². The Hall–Kier alpha value is -4.01. The maximum Gasteiger partial charge on any atom is 0.202 e. The zero-order valence-corrected chi connectivity index (χ0v) is 32.4. The number of aliphatic hydroxyl groups is 3. The number of ketones is 3. The van der Waals surface area contributed by atoms with Crippen LogP contribution in [0.5, 0.6) is 17.2 Å². The predicted molar refractivity (Wildman–Crippen MR) is 196 cm³/mol. The number of rotatable bonds is 8. The molecule has 13 unspecified atom stereocenters. The molecule has 0 radical (unpaired) electrons. The number of phenols is 3. The summed E-state index contributed by atoms with van der Waals surface area (Å²) in [4.78, 5) is 41.3. The average Bonchev–Trinajstić information content (AvgIpc) is 3.14. The number of aliphatic hydroxyl groups excluding tert-OH is 2. The molecular weight excluding hydrogens is 748 g/mol. The van der Waals surface area contributed by atoms with Crippen LogP contribution in [0.3, 0.4) is 0 Å². The Morgan fingerprint density at radius 3 is 2.12 bits per heavy atom. The van der Waals surface area contributed by atoms with Crippen molar-refractivity contribution >= 4 is 17.3 Å². The van der Waals surface area contributed by atoms with Crippen molar-refractivity contribution in [1.82, 2.24) is 4.90 Å². The average molecular weight is 799 g/mol.